The van der Waals surface area contributed by atoms with E-state index < -0.39 is 26.8 Å². The van der Waals surface area contributed by atoms with Crippen LogP contribution in [0.3, 0.4) is 0 Å². The minimum Gasteiger partial charge on any atom is -0.493 e. The Morgan fingerprint density at radius 3 is 2.25 bits per heavy atom. The Bertz CT molecular complexity index is 561. The van der Waals surface area contributed by atoms with E-state index in [0.29, 0.717) is 0 Å². The molecule has 0 fully saturated rings. The molecule has 0 saturated heterocycles. The van der Waals surface area contributed by atoms with Gasteiger partial charge in [0.25, 0.3) is 0 Å². The zero-order chi connectivity index (χ0) is 15.3. The van der Waals surface area contributed by atoms with Gasteiger partial charge in [0.1, 0.15) is 10.7 Å². The maximum atomic E-state index is 13.9. The first-order valence-electron chi connectivity index (χ1n) is 5.78. The van der Waals surface area contributed by atoms with E-state index in [9.17, 15) is 12.8 Å². The molecule has 0 aromatic heterocycles. The standard InChI is InChI=1S/C12H18FNO5S/c1-8(7-17-2)14-20(15,16)12-6-11(19-4)10(18-3)5-9(12)13/h5-6,8,14H,7H2,1-4H3. The Kier molecular flexibility index (Phi) is 5.73. The monoisotopic (exact) mass is 307 g/mol. The van der Waals surface area contributed by atoms with Crippen LogP contribution in [0.2, 0.25) is 0 Å². The Morgan fingerprint density at radius 2 is 1.75 bits per heavy atom. The predicted molar refractivity (Wildman–Crippen MR) is 71.2 cm³/mol. The van der Waals surface area contributed by atoms with Crippen molar-refractivity contribution in [3.05, 3.63) is 17.9 Å². The Labute approximate surface area is 117 Å². The first-order valence-corrected chi connectivity index (χ1v) is 7.26. The first kappa shape index (κ1) is 16.7. The minimum atomic E-state index is -4.01. The highest BCUT2D eigenvalue weighted by Gasteiger charge is 2.24. The van der Waals surface area contributed by atoms with Crippen molar-refractivity contribution in [2.75, 3.05) is 27.9 Å². The number of methoxy groups -OCH3 is 3. The first-order chi connectivity index (χ1) is 9.35. The van der Waals surface area contributed by atoms with Crippen LogP contribution in [0.4, 0.5) is 4.39 Å². The van der Waals surface area contributed by atoms with Crippen LogP contribution in [0.1, 0.15) is 6.92 Å². The number of benzene rings is 1. The Hall–Kier alpha value is -1.38. The fourth-order valence-electron chi connectivity index (χ4n) is 1.65. The molecule has 0 aliphatic heterocycles. The number of hydrogen-bond donors (Lipinski definition) is 1. The largest absolute Gasteiger partial charge is 0.493 e. The van der Waals surface area contributed by atoms with Crippen LogP contribution >= 0.6 is 0 Å². The van der Waals surface area contributed by atoms with Crippen LogP contribution in [-0.2, 0) is 14.8 Å². The number of hydrogen-bond acceptors (Lipinski definition) is 5. The minimum absolute atomic E-state index is 0.119. The highest BCUT2D eigenvalue weighted by Crippen LogP contribution is 2.31. The van der Waals surface area contributed by atoms with Gasteiger partial charge in [-0.1, -0.05) is 0 Å². The molecule has 8 heteroatoms. The third-order valence-electron chi connectivity index (χ3n) is 2.50. The lowest BCUT2D eigenvalue weighted by Crippen LogP contribution is -2.36. The quantitative estimate of drug-likeness (QED) is 0.818. The summed E-state index contributed by atoms with van der Waals surface area (Å²) < 4.78 is 55.1. The summed E-state index contributed by atoms with van der Waals surface area (Å²) in [5, 5.41) is 0. The average molecular weight is 307 g/mol. The molecule has 0 aliphatic rings. The molecule has 0 amide bonds. The van der Waals surface area contributed by atoms with Gasteiger partial charge in [0.2, 0.25) is 10.0 Å². The summed E-state index contributed by atoms with van der Waals surface area (Å²) in [4.78, 5) is -0.502. The molecule has 0 aliphatic carbocycles. The zero-order valence-electron chi connectivity index (χ0n) is 11.8. The van der Waals surface area contributed by atoms with E-state index in [4.69, 9.17) is 14.2 Å². The van der Waals surface area contributed by atoms with Gasteiger partial charge in [-0.15, -0.1) is 0 Å². The second-order valence-corrected chi connectivity index (χ2v) is 5.80. The molecule has 0 saturated carbocycles. The molecular formula is C12H18FNO5S. The van der Waals surface area contributed by atoms with Crippen LogP contribution < -0.4 is 14.2 Å². The lowest BCUT2D eigenvalue weighted by atomic mass is 10.3. The van der Waals surface area contributed by atoms with Gasteiger partial charge in [0, 0.05) is 25.3 Å². The average Bonchev–Trinajstić information content (AvgIpc) is 2.37. The number of halogens is 1. The van der Waals surface area contributed by atoms with Gasteiger partial charge in [-0.05, 0) is 6.92 Å². The molecule has 20 heavy (non-hydrogen) atoms. The molecule has 0 bridgehead atoms. The summed E-state index contributed by atoms with van der Waals surface area (Å²) in [6, 6.07) is 1.56. The molecule has 1 N–H and O–H groups in total. The van der Waals surface area contributed by atoms with E-state index in [1.165, 1.54) is 21.3 Å². The Morgan fingerprint density at radius 1 is 1.20 bits per heavy atom. The van der Waals surface area contributed by atoms with E-state index >= 15 is 0 Å². The maximum Gasteiger partial charge on any atom is 0.243 e. The third kappa shape index (κ3) is 3.81. The van der Waals surface area contributed by atoms with Crippen LogP contribution in [0.25, 0.3) is 0 Å². The van der Waals surface area contributed by atoms with Crippen molar-refractivity contribution in [3.8, 4) is 11.5 Å². The van der Waals surface area contributed by atoms with Gasteiger partial charge in [-0.25, -0.2) is 17.5 Å². The summed E-state index contributed by atoms with van der Waals surface area (Å²) in [5.41, 5.74) is 0. The van der Waals surface area contributed by atoms with Gasteiger partial charge in [0.15, 0.2) is 11.5 Å². The third-order valence-corrected chi connectivity index (χ3v) is 4.11. The predicted octanol–water partition coefficient (Wildman–Crippen LogP) is 1.16. The van der Waals surface area contributed by atoms with Crippen molar-refractivity contribution in [1.29, 1.82) is 0 Å². The van der Waals surface area contributed by atoms with Crippen LogP contribution in [0.5, 0.6) is 11.5 Å². The van der Waals surface area contributed by atoms with E-state index in [0.717, 1.165) is 12.1 Å². The Balaban J connectivity index is 3.18. The molecule has 6 nitrogen and oxygen atoms in total. The lowest BCUT2D eigenvalue weighted by Gasteiger charge is -2.15. The van der Waals surface area contributed by atoms with E-state index in [1.807, 2.05) is 0 Å². The topological polar surface area (TPSA) is 73.9 Å². The van der Waals surface area contributed by atoms with Gasteiger partial charge >= 0.3 is 0 Å². The number of rotatable bonds is 7. The van der Waals surface area contributed by atoms with Gasteiger partial charge in [-0.3, -0.25) is 0 Å². The second-order valence-electron chi connectivity index (χ2n) is 4.12. The van der Waals surface area contributed by atoms with Crippen molar-refractivity contribution >= 4 is 10.0 Å². The van der Waals surface area contributed by atoms with E-state index in [-0.39, 0.29) is 18.1 Å². The fourth-order valence-corrected chi connectivity index (χ4v) is 2.96. The molecule has 0 radical (unpaired) electrons. The van der Waals surface area contributed by atoms with Gasteiger partial charge < -0.3 is 14.2 Å². The van der Waals surface area contributed by atoms with Gasteiger partial charge in [-0.2, -0.15) is 0 Å². The van der Waals surface area contributed by atoms with Crippen molar-refractivity contribution in [3.63, 3.8) is 0 Å². The van der Waals surface area contributed by atoms with Crippen LogP contribution in [0.15, 0.2) is 17.0 Å². The van der Waals surface area contributed by atoms with Gasteiger partial charge in [0.05, 0.1) is 20.8 Å². The normalized spacial score (nSPS) is 13.1. The van der Waals surface area contributed by atoms with Crippen molar-refractivity contribution in [2.24, 2.45) is 0 Å². The zero-order valence-corrected chi connectivity index (χ0v) is 12.6. The highest BCUT2D eigenvalue weighted by molar-refractivity contribution is 7.89. The SMILES string of the molecule is COCC(C)NS(=O)(=O)c1cc(OC)c(OC)cc1F. The van der Waals surface area contributed by atoms with E-state index in [1.54, 1.807) is 6.92 Å². The summed E-state index contributed by atoms with van der Waals surface area (Å²) in [6.45, 7) is 1.79. The summed E-state index contributed by atoms with van der Waals surface area (Å²) >= 11 is 0. The van der Waals surface area contributed by atoms with Crippen molar-refractivity contribution in [2.45, 2.75) is 17.9 Å². The van der Waals surface area contributed by atoms with Crippen LogP contribution in [-0.4, -0.2) is 42.4 Å². The number of nitrogens with one attached hydrogen (secondary N) is 1. The van der Waals surface area contributed by atoms with Crippen molar-refractivity contribution in [1.82, 2.24) is 4.72 Å². The van der Waals surface area contributed by atoms with Crippen molar-refractivity contribution < 1.29 is 27.0 Å². The number of sulfonamides is 1. The molecule has 1 aromatic carbocycles. The smallest absolute Gasteiger partial charge is 0.243 e. The summed E-state index contributed by atoms with van der Waals surface area (Å²) in [6.07, 6.45) is 0. The molecule has 1 atom stereocenters. The molecule has 1 rings (SSSR count). The summed E-state index contributed by atoms with van der Waals surface area (Å²) in [7, 11) is 0.114. The molecule has 0 spiro atoms. The molecular weight excluding hydrogens is 289 g/mol. The highest BCUT2D eigenvalue weighted by atomic mass is 32.2. The molecule has 1 unspecified atom stereocenters. The van der Waals surface area contributed by atoms with Crippen LogP contribution in [0, 0.1) is 5.82 Å². The molecule has 0 heterocycles. The molecule has 1 aromatic rings. The molecule has 114 valence electrons. The number of ether oxygens (including phenoxy) is 3. The van der Waals surface area contributed by atoms with E-state index in [2.05, 4.69) is 4.72 Å². The fraction of sp³-hybridized carbons (Fsp3) is 0.500. The maximum absolute atomic E-state index is 13.9. The lowest BCUT2D eigenvalue weighted by molar-refractivity contribution is 0.180. The summed E-state index contributed by atoms with van der Waals surface area (Å²) in [5.74, 6) is -0.665. The second kappa shape index (κ2) is 6.87.